The second-order valence-electron chi connectivity index (χ2n) is 7.65. The van der Waals surface area contributed by atoms with Gasteiger partial charge in [0.05, 0.1) is 6.42 Å². The number of fused-ring (bicyclic) bond motifs is 1. The van der Waals surface area contributed by atoms with E-state index < -0.39 is 5.97 Å². The molecule has 1 aliphatic rings. The van der Waals surface area contributed by atoms with E-state index in [9.17, 15) is 14.7 Å². The van der Waals surface area contributed by atoms with E-state index in [0.29, 0.717) is 17.8 Å². The van der Waals surface area contributed by atoms with Crippen LogP contribution in [0.1, 0.15) is 67.1 Å². The number of ketones is 1. The predicted octanol–water partition coefficient (Wildman–Crippen LogP) is 3.47. The van der Waals surface area contributed by atoms with Crippen LogP contribution in [0.25, 0.3) is 0 Å². The van der Waals surface area contributed by atoms with E-state index in [1.165, 1.54) is 5.56 Å². The normalized spacial score (nSPS) is 14.0. The van der Waals surface area contributed by atoms with E-state index in [2.05, 4.69) is 32.4 Å². The lowest BCUT2D eigenvalue weighted by Crippen LogP contribution is -2.14. The standard InChI is InChI=1S/C22H28N4O3/c1-15-24-13-18(14-25-15)17(12-21(28)29)11-20(27)7-3-2-6-19-9-8-16-5-4-10-23-22(16)26-19/h8-9,13-14,17H,2-7,10-12H2,1H3,(H,23,26)(H,28,29). The van der Waals surface area contributed by atoms with Crippen LogP contribution in [0.3, 0.4) is 0 Å². The van der Waals surface area contributed by atoms with E-state index in [-0.39, 0.29) is 24.5 Å². The molecule has 0 saturated heterocycles. The van der Waals surface area contributed by atoms with E-state index >= 15 is 0 Å². The van der Waals surface area contributed by atoms with Gasteiger partial charge >= 0.3 is 5.97 Å². The van der Waals surface area contributed by atoms with Crippen molar-refractivity contribution in [2.45, 2.75) is 64.2 Å². The van der Waals surface area contributed by atoms with Crippen molar-refractivity contribution in [3.8, 4) is 0 Å². The zero-order valence-corrected chi connectivity index (χ0v) is 16.9. The molecule has 29 heavy (non-hydrogen) atoms. The van der Waals surface area contributed by atoms with Gasteiger partial charge in [0.15, 0.2) is 0 Å². The first-order chi connectivity index (χ1) is 14.0. The molecule has 0 saturated carbocycles. The summed E-state index contributed by atoms with van der Waals surface area (Å²) in [7, 11) is 0. The van der Waals surface area contributed by atoms with Gasteiger partial charge in [-0.05, 0) is 56.2 Å². The number of nitrogens with one attached hydrogen (secondary N) is 1. The molecule has 0 aromatic carbocycles. The fraction of sp³-hybridized carbons (Fsp3) is 0.500. The molecule has 7 heteroatoms. The Morgan fingerprint density at radius 3 is 2.72 bits per heavy atom. The van der Waals surface area contributed by atoms with E-state index in [1.54, 1.807) is 19.3 Å². The predicted molar refractivity (Wildman–Crippen MR) is 110 cm³/mol. The van der Waals surface area contributed by atoms with Crippen molar-refractivity contribution in [1.29, 1.82) is 0 Å². The van der Waals surface area contributed by atoms with Crippen LogP contribution in [-0.2, 0) is 22.4 Å². The van der Waals surface area contributed by atoms with Crippen molar-refractivity contribution in [3.05, 3.63) is 47.2 Å². The topological polar surface area (TPSA) is 105 Å². The zero-order chi connectivity index (χ0) is 20.6. The molecule has 3 rings (SSSR count). The van der Waals surface area contributed by atoms with Gasteiger partial charge in [0.2, 0.25) is 0 Å². The van der Waals surface area contributed by atoms with E-state index in [4.69, 9.17) is 0 Å². The maximum atomic E-state index is 12.4. The molecule has 0 radical (unpaired) electrons. The van der Waals surface area contributed by atoms with Crippen LogP contribution in [0.15, 0.2) is 24.5 Å². The highest BCUT2D eigenvalue weighted by atomic mass is 16.4. The number of Topliss-reactive ketones (excluding diaryl/α,β-unsaturated/α-hetero) is 1. The molecule has 1 aliphatic heterocycles. The molecule has 2 aromatic heterocycles. The highest BCUT2D eigenvalue weighted by Crippen LogP contribution is 2.24. The van der Waals surface area contributed by atoms with Gasteiger partial charge in [0.1, 0.15) is 17.4 Å². The molecular formula is C22H28N4O3. The first-order valence-electron chi connectivity index (χ1n) is 10.3. The van der Waals surface area contributed by atoms with Crippen LogP contribution in [0, 0.1) is 6.92 Å². The van der Waals surface area contributed by atoms with Gasteiger partial charge in [-0.15, -0.1) is 0 Å². The summed E-state index contributed by atoms with van der Waals surface area (Å²) in [4.78, 5) is 36.5. The molecule has 2 N–H and O–H groups in total. The number of hydrogen-bond acceptors (Lipinski definition) is 6. The number of aryl methyl sites for hydroxylation is 3. The number of hydrogen-bond donors (Lipinski definition) is 2. The molecule has 3 heterocycles. The highest BCUT2D eigenvalue weighted by Gasteiger charge is 2.20. The van der Waals surface area contributed by atoms with Crippen LogP contribution >= 0.6 is 0 Å². The second kappa shape index (κ2) is 10.1. The van der Waals surface area contributed by atoms with Crippen LogP contribution in [0.5, 0.6) is 0 Å². The quantitative estimate of drug-likeness (QED) is 0.592. The van der Waals surface area contributed by atoms with Crippen LogP contribution in [-0.4, -0.2) is 38.4 Å². The molecular weight excluding hydrogens is 368 g/mol. The summed E-state index contributed by atoms with van der Waals surface area (Å²) < 4.78 is 0. The average Bonchev–Trinajstić information content (AvgIpc) is 2.71. The Labute approximate surface area is 171 Å². The Balaban J connectivity index is 1.46. The fourth-order valence-electron chi connectivity index (χ4n) is 3.65. The number of aliphatic carboxylic acids is 1. The van der Waals surface area contributed by atoms with Gasteiger partial charge in [-0.2, -0.15) is 0 Å². The largest absolute Gasteiger partial charge is 0.481 e. The first kappa shape index (κ1) is 20.9. The summed E-state index contributed by atoms with van der Waals surface area (Å²) in [6.45, 7) is 2.75. The van der Waals surface area contributed by atoms with Gasteiger partial charge < -0.3 is 10.4 Å². The van der Waals surface area contributed by atoms with Crippen LogP contribution in [0.2, 0.25) is 0 Å². The number of pyridine rings is 1. The average molecular weight is 396 g/mol. The molecule has 1 atom stereocenters. The molecule has 7 nitrogen and oxygen atoms in total. The van der Waals surface area contributed by atoms with Crippen molar-refractivity contribution in [2.24, 2.45) is 0 Å². The number of anilines is 1. The summed E-state index contributed by atoms with van der Waals surface area (Å²) in [5.41, 5.74) is 3.03. The fourth-order valence-corrected chi connectivity index (χ4v) is 3.65. The Kier molecular flexibility index (Phi) is 7.27. The molecule has 1 unspecified atom stereocenters. The first-order valence-corrected chi connectivity index (χ1v) is 10.3. The summed E-state index contributed by atoms with van der Waals surface area (Å²) in [5, 5.41) is 12.5. The molecule has 154 valence electrons. The second-order valence-corrected chi connectivity index (χ2v) is 7.65. The third-order valence-electron chi connectivity index (χ3n) is 5.26. The van der Waals surface area contributed by atoms with Gasteiger partial charge in [-0.3, -0.25) is 9.59 Å². The highest BCUT2D eigenvalue weighted by molar-refractivity contribution is 5.80. The van der Waals surface area contributed by atoms with Gasteiger partial charge in [-0.25, -0.2) is 15.0 Å². The summed E-state index contributed by atoms with van der Waals surface area (Å²) in [6, 6.07) is 4.23. The summed E-state index contributed by atoms with van der Waals surface area (Å²) >= 11 is 0. The molecule has 0 fully saturated rings. The SMILES string of the molecule is Cc1ncc(C(CC(=O)O)CC(=O)CCCCc2ccc3c(n2)NCCC3)cn1. The molecule has 2 aromatic rings. The zero-order valence-electron chi connectivity index (χ0n) is 16.9. The van der Waals surface area contributed by atoms with Crippen LogP contribution < -0.4 is 5.32 Å². The number of aromatic nitrogens is 3. The van der Waals surface area contributed by atoms with E-state index in [1.807, 2.05) is 0 Å². The Hall–Kier alpha value is -2.83. The molecule has 0 spiro atoms. The number of carbonyl (C=O) groups excluding carboxylic acids is 1. The number of carboxylic acids is 1. The minimum atomic E-state index is -0.921. The Morgan fingerprint density at radius 1 is 1.17 bits per heavy atom. The van der Waals surface area contributed by atoms with E-state index in [0.717, 1.165) is 50.2 Å². The van der Waals surface area contributed by atoms with Crippen molar-refractivity contribution >= 4 is 17.6 Å². The van der Waals surface area contributed by atoms with Crippen molar-refractivity contribution in [3.63, 3.8) is 0 Å². The van der Waals surface area contributed by atoms with Crippen LogP contribution in [0.4, 0.5) is 5.82 Å². The Morgan fingerprint density at radius 2 is 1.97 bits per heavy atom. The minimum Gasteiger partial charge on any atom is -0.481 e. The smallest absolute Gasteiger partial charge is 0.303 e. The molecule has 0 aliphatic carbocycles. The lowest BCUT2D eigenvalue weighted by molar-refractivity contribution is -0.137. The maximum absolute atomic E-state index is 12.4. The minimum absolute atomic E-state index is 0.0805. The maximum Gasteiger partial charge on any atom is 0.303 e. The number of carboxylic acid groups (broad SMARTS) is 1. The van der Waals surface area contributed by atoms with Gasteiger partial charge in [-0.1, -0.05) is 6.07 Å². The third-order valence-corrected chi connectivity index (χ3v) is 5.26. The van der Waals surface area contributed by atoms with Gasteiger partial charge in [0.25, 0.3) is 0 Å². The summed E-state index contributed by atoms with van der Waals surface area (Å²) in [6.07, 6.45) is 8.53. The van der Waals surface area contributed by atoms with Crippen molar-refractivity contribution in [1.82, 2.24) is 15.0 Å². The molecule has 0 amide bonds. The van der Waals surface area contributed by atoms with Gasteiger partial charge in [0, 0.05) is 43.4 Å². The number of carbonyl (C=O) groups is 2. The number of rotatable bonds is 10. The monoisotopic (exact) mass is 396 g/mol. The summed E-state index contributed by atoms with van der Waals surface area (Å²) in [5.74, 6) is 0.406. The van der Waals surface area contributed by atoms with Crippen molar-refractivity contribution < 1.29 is 14.7 Å². The number of unbranched alkanes of at least 4 members (excludes halogenated alkanes) is 1. The third kappa shape index (κ3) is 6.34. The molecule has 0 bridgehead atoms. The Bertz CT molecular complexity index is 852. The lowest BCUT2D eigenvalue weighted by Gasteiger charge is -2.17. The lowest BCUT2D eigenvalue weighted by atomic mass is 9.91. The number of nitrogens with zero attached hydrogens (tertiary/aromatic N) is 3. The van der Waals surface area contributed by atoms with Crippen molar-refractivity contribution in [2.75, 3.05) is 11.9 Å².